The maximum absolute atomic E-state index is 12.2. The third kappa shape index (κ3) is 1.40. The van der Waals surface area contributed by atoms with E-state index in [0.717, 1.165) is 36.9 Å². The first-order chi connectivity index (χ1) is 7.86. The molecule has 1 amide bonds. The van der Waals surface area contributed by atoms with Crippen molar-refractivity contribution in [3.8, 4) is 0 Å². The fourth-order valence-corrected chi connectivity index (χ4v) is 2.23. The van der Waals surface area contributed by atoms with Gasteiger partial charge >= 0.3 is 0 Å². The van der Waals surface area contributed by atoms with Crippen LogP contribution in [-0.2, 0) is 0 Å². The second-order valence-electron chi connectivity index (χ2n) is 4.14. The Bertz CT molecular complexity index is 523. The lowest BCUT2D eigenvalue weighted by Crippen LogP contribution is -2.27. The van der Waals surface area contributed by atoms with E-state index in [-0.39, 0.29) is 5.91 Å². The van der Waals surface area contributed by atoms with Crippen LogP contribution in [0.2, 0.25) is 0 Å². The van der Waals surface area contributed by atoms with Crippen LogP contribution in [0.15, 0.2) is 34.9 Å². The van der Waals surface area contributed by atoms with E-state index in [4.69, 9.17) is 4.42 Å². The van der Waals surface area contributed by atoms with Crippen LogP contribution in [0.4, 0.5) is 0 Å². The highest BCUT2D eigenvalue weighted by atomic mass is 16.3. The zero-order valence-electron chi connectivity index (χ0n) is 8.98. The zero-order chi connectivity index (χ0) is 11.0. The Hall–Kier alpha value is -1.77. The summed E-state index contributed by atoms with van der Waals surface area (Å²) in [7, 11) is 0. The van der Waals surface area contributed by atoms with Gasteiger partial charge in [-0.3, -0.25) is 4.79 Å². The maximum atomic E-state index is 12.2. The first kappa shape index (κ1) is 9.46. The van der Waals surface area contributed by atoms with E-state index in [1.807, 2.05) is 29.2 Å². The van der Waals surface area contributed by atoms with E-state index in [2.05, 4.69) is 0 Å². The molecule has 0 radical (unpaired) electrons. The molecule has 0 unspecified atom stereocenters. The Morgan fingerprint density at radius 2 is 1.94 bits per heavy atom. The van der Waals surface area contributed by atoms with Crippen molar-refractivity contribution in [1.29, 1.82) is 0 Å². The number of hydrogen-bond donors (Lipinski definition) is 0. The minimum atomic E-state index is 0.0995. The number of para-hydroxylation sites is 1. The summed E-state index contributed by atoms with van der Waals surface area (Å²) < 4.78 is 5.38. The van der Waals surface area contributed by atoms with Gasteiger partial charge in [0.1, 0.15) is 11.8 Å². The van der Waals surface area contributed by atoms with E-state index in [1.54, 1.807) is 6.26 Å². The van der Waals surface area contributed by atoms with Gasteiger partial charge in [0.25, 0.3) is 5.91 Å². The van der Waals surface area contributed by atoms with E-state index in [1.165, 1.54) is 0 Å². The van der Waals surface area contributed by atoms with E-state index in [0.29, 0.717) is 5.56 Å². The molecule has 0 spiro atoms. The average Bonchev–Trinajstić information content (AvgIpc) is 2.98. The van der Waals surface area contributed by atoms with Gasteiger partial charge in [-0.05, 0) is 18.9 Å². The molecule has 2 aromatic rings. The second-order valence-corrected chi connectivity index (χ2v) is 4.14. The number of hydrogen-bond acceptors (Lipinski definition) is 2. The number of benzene rings is 1. The lowest BCUT2D eigenvalue weighted by atomic mass is 10.1. The van der Waals surface area contributed by atoms with Gasteiger partial charge in [-0.2, -0.15) is 0 Å². The summed E-state index contributed by atoms with van der Waals surface area (Å²) in [5, 5.41) is 0.916. The summed E-state index contributed by atoms with van der Waals surface area (Å²) in [5.74, 6) is 0.0995. The lowest BCUT2D eigenvalue weighted by molar-refractivity contribution is 0.0794. The van der Waals surface area contributed by atoms with E-state index < -0.39 is 0 Å². The summed E-state index contributed by atoms with van der Waals surface area (Å²) in [6, 6.07) is 7.66. The van der Waals surface area contributed by atoms with Crippen molar-refractivity contribution >= 4 is 16.9 Å². The van der Waals surface area contributed by atoms with Crippen molar-refractivity contribution in [2.45, 2.75) is 12.8 Å². The van der Waals surface area contributed by atoms with Gasteiger partial charge < -0.3 is 9.32 Å². The highest BCUT2D eigenvalue weighted by Gasteiger charge is 2.22. The zero-order valence-corrected chi connectivity index (χ0v) is 8.98. The molecule has 1 aliphatic rings. The fraction of sp³-hybridized carbons (Fsp3) is 0.308. The van der Waals surface area contributed by atoms with Gasteiger partial charge in [0.15, 0.2) is 0 Å². The molecule has 1 saturated heterocycles. The van der Waals surface area contributed by atoms with Crippen molar-refractivity contribution < 1.29 is 9.21 Å². The molecule has 1 aliphatic heterocycles. The molecule has 3 rings (SSSR count). The standard InChI is InChI=1S/C13H13NO2/c15-13(14-7-3-4-8-14)11-9-16-12-6-2-1-5-10(11)12/h1-2,5-6,9H,3-4,7-8H2. The third-order valence-corrected chi connectivity index (χ3v) is 3.10. The van der Waals surface area contributed by atoms with Crippen LogP contribution in [0.1, 0.15) is 23.2 Å². The minimum absolute atomic E-state index is 0.0995. The van der Waals surface area contributed by atoms with Gasteiger partial charge in [-0.15, -0.1) is 0 Å². The molecule has 2 heterocycles. The van der Waals surface area contributed by atoms with Gasteiger partial charge in [-0.1, -0.05) is 18.2 Å². The van der Waals surface area contributed by atoms with Crippen LogP contribution in [0.3, 0.4) is 0 Å². The van der Waals surface area contributed by atoms with Crippen molar-refractivity contribution in [3.63, 3.8) is 0 Å². The molecular weight excluding hydrogens is 202 g/mol. The van der Waals surface area contributed by atoms with E-state index >= 15 is 0 Å². The largest absolute Gasteiger partial charge is 0.463 e. The molecule has 1 aromatic heterocycles. The number of likely N-dealkylation sites (tertiary alicyclic amines) is 1. The van der Waals surface area contributed by atoms with E-state index in [9.17, 15) is 4.79 Å². The Morgan fingerprint density at radius 1 is 1.19 bits per heavy atom. The number of amides is 1. The number of carbonyl (C=O) groups excluding carboxylic acids is 1. The normalized spacial score (nSPS) is 15.9. The van der Waals surface area contributed by atoms with Crippen LogP contribution in [-0.4, -0.2) is 23.9 Å². The molecular formula is C13H13NO2. The predicted octanol–water partition coefficient (Wildman–Crippen LogP) is 2.67. The van der Waals surface area contributed by atoms with Crippen LogP contribution in [0.5, 0.6) is 0 Å². The molecule has 0 atom stereocenters. The predicted molar refractivity (Wildman–Crippen MR) is 61.4 cm³/mol. The minimum Gasteiger partial charge on any atom is -0.463 e. The number of nitrogens with zero attached hydrogens (tertiary/aromatic N) is 1. The summed E-state index contributed by atoms with van der Waals surface area (Å²) in [5.41, 5.74) is 1.47. The topological polar surface area (TPSA) is 33.5 Å². The van der Waals surface area contributed by atoms with Crippen LogP contribution in [0, 0.1) is 0 Å². The molecule has 1 fully saturated rings. The van der Waals surface area contributed by atoms with Crippen LogP contribution >= 0.6 is 0 Å². The molecule has 0 N–H and O–H groups in total. The molecule has 0 bridgehead atoms. The Labute approximate surface area is 93.6 Å². The van der Waals surface area contributed by atoms with Gasteiger partial charge in [0.2, 0.25) is 0 Å². The summed E-state index contributed by atoms with van der Waals surface area (Å²) in [4.78, 5) is 14.1. The molecule has 0 aliphatic carbocycles. The van der Waals surface area contributed by atoms with Gasteiger partial charge in [-0.25, -0.2) is 0 Å². The van der Waals surface area contributed by atoms with Gasteiger partial charge in [0.05, 0.1) is 5.56 Å². The molecule has 82 valence electrons. The SMILES string of the molecule is O=C(c1coc2ccccc12)N1CCCC1. The number of furan rings is 1. The second kappa shape index (κ2) is 3.67. The van der Waals surface area contributed by atoms with Crippen molar-refractivity contribution in [2.24, 2.45) is 0 Å². The lowest BCUT2D eigenvalue weighted by Gasteiger charge is -2.13. The first-order valence-electron chi connectivity index (χ1n) is 5.62. The molecule has 3 nitrogen and oxygen atoms in total. The molecule has 3 heteroatoms. The monoisotopic (exact) mass is 215 g/mol. The average molecular weight is 215 g/mol. The third-order valence-electron chi connectivity index (χ3n) is 3.10. The highest BCUT2D eigenvalue weighted by Crippen LogP contribution is 2.23. The maximum Gasteiger partial charge on any atom is 0.257 e. The quantitative estimate of drug-likeness (QED) is 0.732. The Morgan fingerprint density at radius 3 is 2.75 bits per heavy atom. The number of rotatable bonds is 1. The van der Waals surface area contributed by atoms with Gasteiger partial charge in [0, 0.05) is 18.5 Å². The molecule has 16 heavy (non-hydrogen) atoms. The van der Waals surface area contributed by atoms with Crippen molar-refractivity contribution in [2.75, 3.05) is 13.1 Å². The van der Waals surface area contributed by atoms with Crippen LogP contribution < -0.4 is 0 Å². The van der Waals surface area contributed by atoms with Crippen molar-refractivity contribution in [1.82, 2.24) is 4.90 Å². The summed E-state index contributed by atoms with van der Waals surface area (Å²) in [6.07, 6.45) is 3.80. The highest BCUT2D eigenvalue weighted by molar-refractivity contribution is 6.05. The summed E-state index contributed by atoms with van der Waals surface area (Å²) >= 11 is 0. The van der Waals surface area contributed by atoms with Crippen molar-refractivity contribution in [3.05, 3.63) is 36.1 Å². The number of fused-ring (bicyclic) bond motifs is 1. The smallest absolute Gasteiger partial charge is 0.257 e. The molecule has 1 aromatic carbocycles. The van der Waals surface area contributed by atoms with Crippen LogP contribution in [0.25, 0.3) is 11.0 Å². The molecule has 0 saturated carbocycles. The first-order valence-corrected chi connectivity index (χ1v) is 5.62. The summed E-state index contributed by atoms with van der Waals surface area (Å²) in [6.45, 7) is 1.75. The Kier molecular flexibility index (Phi) is 2.17. The Balaban J connectivity index is 2.02. The fourth-order valence-electron chi connectivity index (χ4n) is 2.23. The number of carbonyl (C=O) groups is 1.